The van der Waals surface area contributed by atoms with E-state index in [1.54, 1.807) is 24.1 Å². The maximum absolute atomic E-state index is 12.1. The summed E-state index contributed by atoms with van der Waals surface area (Å²) in [5, 5.41) is 8.88. The van der Waals surface area contributed by atoms with Crippen molar-refractivity contribution in [2.75, 3.05) is 13.7 Å². The van der Waals surface area contributed by atoms with Gasteiger partial charge in [0.25, 0.3) is 5.91 Å². The van der Waals surface area contributed by atoms with Crippen LogP contribution in [0.15, 0.2) is 48.5 Å². The Bertz CT molecular complexity index is 692. The second-order valence-electron chi connectivity index (χ2n) is 5.54. The van der Waals surface area contributed by atoms with E-state index in [2.05, 4.69) is 6.92 Å². The lowest BCUT2D eigenvalue weighted by Crippen LogP contribution is -2.30. The van der Waals surface area contributed by atoms with Crippen molar-refractivity contribution in [2.45, 2.75) is 19.9 Å². The van der Waals surface area contributed by atoms with E-state index in [0.29, 0.717) is 12.3 Å². The van der Waals surface area contributed by atoms with E-state index in [1.165, 1.54) is 17.7 Å². The van der Waals surface area contributed by atoms with Crippen LogP contribution in [-0.2, 0) is 17.8 Å². The Hall–Kier alpha value is -2.82. The number of ether oxygens (including phenoxy) is 1. The van der Waals surface area contributed by atoms with Gasteiger partial charge in [0, 0.05) is 13.6 Å². The molecule has 5 heteroatoms. The highest BCUT2D eigenvalue weighted by atomic mass is 16.5. The van der Waals surface area contributed by atoms with Gasteiger partial charge in [0.15, 0.2) is 6.61 Å². The Morgan fingerprint density at radius 2 is 1.58 bits per heavy atom. The molecule has 0 radical (unpaired) electrons. The van der Waals surface area contributed by atoms with Gasteiger partial charge >= 0.3 is 5.97 Å². The average Bonchev–Trinajstić information content (AvgIpc) is 2.60. The lowest BCUT2D eigenvalue weighted by atomic mass is 10.1. The molecule has 2 aromatic carbocycles. The molecule has 0 bridgehead atoms. The molecule has 1 N–H and O–H groups in total. The predicted molar refractivity (Wildman–Crippen MR) is 91.2 cm³/mol. The van der Waals surface area contributed by atoms with Gasteiger partial charge < -0.3 is 14.7 Å². The smallest absolute Gasteiger partial charge is 0.335 e. The summed E-state index contributed by atoms with van der Waals surface area (Å²) >= 11 is 0. The minimum absolute atomic E-state index is 0.0326. The first kappa shape index (κ1) is 17.5. The number of rotatable bonds is 7. The van der Waals surface area contributed by atoms with E-state index < -0.39 is 5.97 Å². The van der Waals surface area contributed by atoms with Gasteiger partial charge in [-0.1, -0.05) is 31.2 Å². The van der Waals surface area contributed by atoms with Crippen LogP contribution in [0.2, 0.25) is 0 Å². The third-order valence-corrected chi connectivity index (χ3v) is 3.74. The van der Waals surface area contributed by atoms with E-state index in [9.17, 15) is 9.59 Å². The van der Waals surface area contributed by atoms with Gasteiger partial charge in [0.1, 0.15) is 5.75 Å². The molecular weight excluding hydrogens is 306 g/mol. The van der Waals surface area contributed by atoms with Gasteiger partial charge in [-0.15, -0.1) is 0 Å². The molecule has 0 aromatic heterocycles. The molecule has 5 nitrogen and oxygen atoms in total. The van der Waals surface area contributed by atoms with Crippen molar-refractivity contribution in [3.05, 3.63) is 65.2 Å². The van der Waals surface area contributed by atoms with Gasteiger partial charge in [-0.3, -0.25) is 4.79 Å². The minimum Gasteiger partial charge on any atom is -0.484 e. The van der Waals surface area contributed by atoms with Gasteiger partial charge in [0.05, 0.1) is 5.56 Å². The second-order valence-corrected chi connectivity index (χ2v) is 5.54. The number of aromatic carboxylic acids is 1. The molecule has 126 valence electrons. The molecule has 0 fully saturated rings. The molecule has 0 heterocycles. The first-order valence-electron chi connectivity index (χ1n) is 7.77. The molecule has 2 aromatic rings. The summed E-state index contributed by atoms with van der Waals surface area (Å²) in [6, 6.07) is 14.1. The summed E-state index contributed by atoms with van der Waals surface area (Å²) < 4.78 is 5.51. The first-order valence-corrected chi connectivity index (χ1v) is 7.77. The van der Waals surface area contributed by atoms with Crippen LogP contribution in [0.1, 0.15) is 28.4 Å². The number of nitrogens with zero attached hydrogens (tertiary/aromatic N) is 1. The Morgan fingerprint density at radius 1 is 1.00 bits per heavy atom. The fourth-order valence-electron chi connectivity index (χ4n) is 2.19. The van der Waals surface area contributed by atoms with Crippen molar-refractivity contribution in [3.63, 3.8) is 0 Å². The number of carboxylic acid groups (broad SMARTS) is 1. The zero-order valence-corrected chi connectivity index (χ0v) is 13.9. The molecule has 0 unspecified atom stereocenters. The Balaban J connectivity index is 1.85. The van der Waals surface area contributed by atoms with Crippen LogP contribution < -0.4 is 4.74 Å². The third kappa shape index (κ3) is 4.84. The SMILES string of the molecule is CCc1ccc(OCC(=O)N(C)Cc2ccc(C(=O)O)cc2)cc1. The molecule has 0 atom stereocenters. The molecule has 0 saturated carbocycles. The van der Waals surface area contributed by atoms with E-state index in [1.807, 2.05) is 24.3 Å². The Morgan fingerprint density at radius 3 is 2.12 bits per heavy atom. The zero-order chi connectivity index (χ0) is 17.5. The molecule has 0 spiro atoms. The maximum atomic E-state index is 12.1. The van der Waals surface area contributed by atoms with Crippen LogP contribution in [0, 0.1) is 0 Å². The monoisotopic (exact) mass is 327 g/mol. The largest absolute Gasteiger partial charge is 0.484 e. The third-order valence-electron chi connectivity index (χ3n) is 3.74. The lowest BCUT2D eigenvalue weighted by molar-refractivity contribution is -0.132. The van der Waals surface area contributed by atoms with Gasteiger partial charge in [-0.2, -0.15) is 0 Å². The van der Waals surface area contributed by atoms with Crippen molar-refractivity contribution in [3.8, 4) is 5.75 Å². The van der Waals surface area contributed by atoms with Gasteiger partial charge in [0.2, 0.25) is 0 Å². The van der Waals surface area contributed by atoms with Crippen LogP contribution in [0.5, 0.6) is 5.75 Å². The van der Waals surface area contributed by atoms with Crippen molar-refractivity contribution >= 4 is 11.9 Å². The Labute approximate surface area is 141 Å². The Kier molecular flexibility index (Phi) is 5.95. The second kappa shape index (κ2) is 8.15. The number of benzene rings is 2. The molecule has 1 amide bonds. The van der Waals surface area contributed by atoms with Crippen LogP contribution >= 0.6 is 0 Å². The fourth-order valence-corrected chi connectivity index (χ4v) is 2.19. The van der Waals surface area contributed by atoms with Crippen LogP contribution in [0.3, 0.4) is 0 Å². The number of likely N-dealkylation sites (N-methyl/N-ethyl adjacent to an activating group) is 1. The zero-order valence-electron chi connectivity index (χ0n) is 13.9. The summed E-state index contributed by atoms with van der Waals surface area (Å²) in [4.78, 5) is 24.5. The number of aryl methyl sites for hydroxylation is 1. The van der Waals surface area contributed by atoms with Crippen molar-refractivity contribution < 1.29 is 19.4 Å². The fraction of sp³-hybridized carbons (Fsp3) is 0.263. The van der Waals surface area contributed by atoms with Gasteiger partial charge in [-0.25, -0.2) is 4.79 Å². The normalized spacial score (nSPS) is 10.2. The summed E-state index contributed by atoms with van der Waals surface area (Å²) in [5.74, 6) is -0.440. The number of amides is 1. The topological polar surface area (TPSA) is 66.8 Å². The standard InChI is InChI=1S/C19H21NO4/c1-3-14-6-10-17(11-7-14)24-13-18(21)20(2)12-15-4-8-16(9-5-15)19(22)23/h4-11H,3,12-13H2,1-2H3,(H,22,23). The molecular formula is C19H21NO4. The molecule has 0 aliphatic heterocycles. The summed E-state index contributed by atoms with van der Waals surface area (Å²) in [7, 11) is 1.69. The summed E-state index contributed by atoms with van der Waals surface area (Å²) in [6.45, 7) is 2.45. The number of carbonyl (C=O) groups excluding carboxylic acids is 1. The number of carboxylic acids is 1. The highest BCUT2D eigenvalue weighted by molar-refractivity contribution is 5.87. The van der Waals surface area contributed by atoms with Gasteiger partial charge in [-0.05, 0) is 41.8 Å². The maximum Gasteiger partial charge on any atom is 0.335 e. The molecule has 0 aliphatic rings. The van der Waals surface area contributed by atoms with Crippen molar-refractivity contribution in [1.29, 1.82) is 0 Å². The number of hydrogen-bond acceptors (Lipinski definition) is 3. The minimum atomic E-state index is -0.964. The molecule has 0 saturated heterocycles. The van der Waals surface area contributed by atoms with E-state index in [-0.39, 0.29) is 18.1 Å². The van der Waals surface area contributed by atoms with E-state index in [4.69, 9.17) is 9.84 Å². The van der Waals surface area contributed by atoms with E-state index >= 15 is 0 Å². The summed E-state index contributed by atoms with van der Waals surface area (Å²) in [6.07, 6.45) is 0.961. The molecule has 0 aliphatic carbocycles. The van der Waals surface area contributed by atoms with Crippen molar-refractivity contribution in [2.24, 2.45) is 0 Å². The van der Waals surface area contributed by atoms with Crippen LogP contribution in [0.4, 0.5) is 0 Å². The van der Waals surface area contributed by atoms with Crippen LogP contribution in [0.25, 0.3) is 0 Å². The number of carbonyl (C=O) groups is 2. The molecule has 2 rings (SSSR count). The lowest BCUT2D eigenvalue weighted by Gasteiger charge is -2.17. The van der Waals surface area contributed by atoms with Crippen molar-refractivity contribution in [1.82, 2.24) is 4.90 Å². The van der Waals surface area contributed by atoms with Crippen LogP contribution in [-0.4, -0.2) is 35.5 Å². The summed E-state index contributed by atoms with van der Waals surface area (Å²) in [5.41, 5.74) is 2.31. The molecule has 24 heavy (non-hydrogen) atoms. The number of hydrogen-bond donors (Lipinski definition) is 1. The first-order chi connectivity index (χ1) is 11.5. The van der Waals surface area contributed by atoms with E-state index in [0.717, 1.165) is 12.0 Å². The quantitative estimate of drug-likeness (QED) is 0.849. The average molecular weight is 327 g/mol. The highest BCUT2D eigenvalue weighted by Gasteiger charge is 2.11. The highest BCUT2D eigenvalue weighted by Crippen LogP contribution is 2.13. The predicted octanol–water partition coefficient (Wildman–Crippen LogP) is 2.98.